The van der Waals surface area contributed by atoms with Crippen LogP contribution in [0.25, 0.3) is 0 Å². The number of benzene rings is 2. The van der Waals surface area contributed by atoms with E-state index in [0.29, 0.717) is 25.2 Å². The first kappa shape index (κ1) is 22.2. The molecule has 0 saturated heterocycles. The Balaban J connectivity index is 1.72. The average molecular weight is 399 g/mol. The van der Waals surface area contributed by atoms with Crippen LogP contribution in [0.5, 0.6) is 5.75 Å². The van der Waals surface area contributed by atoms with Crippen LogP contribution in [0.3, 0.4) is 0 Å². The van der Waals surface area contributed by atoms with Crippen LogP contribution in [-0.2, 0) is 13.0 Å². The number of amides is 3. The normalized spacial score (nSPS) is 10.5. The van der Waals surface area contributed by atoms with Crippen LogP contribution in [0.1, 0.15) is 21.5 Å². The van der Waals surface area contributed by atoms with Gasteiger partial charge in [-0.3, -0.25) is 4.79 Å². The fourth-order valence-electron chi connectivity index (χ4n) is 2.68. The summed E-state index contributed by atoms with van der Waals surface area (Å²) >= 11 is 0. The number of urea groups is 1. The molecule has 0 atom stereocenters. The molecule has 2 aromatic carbocycles. The largest absolute Gasteiger partial charge is 0.497 e. The van der Waals surface area contributed by atoms with Crippen molar-refractivity contribution in [3.05, 3.63) is 65.2 Å². The topological polar surface area (TPSA) is 82.7 Å². The average Bonchev–Trinajstić information content (AvgIpc) is 2.72. The summed E-state index contributed by atoms with van der Waals surface area (Å²) in [4.78, 5) is 26.2. The Morgan fingerprint density at radius 3 is 2.38 bits per heavy atom. The van der Waals surface area contributed by atoms with Crippen molar-refractivity contribution in [2.45, 2.75) is 13.0 Å². The molecular formula is C22H30N4O3. The van der Waals surface area contributed by atoms with E-state index in [9.17, 15) is 9.59 Å². The molecule has 7 nitrogen and oxygen atoms in total. The molecule has 0 fully saturated rings. The maximum atomic E-state index is 12.2. The third-order valence-electron chi connectivity index (χ3n) is 4.35. The van der Waals surface area contributed by atoms with Gasteiger partial charge in [0.2, 0.25) is 0 Å². The van der Waals surface area contributed by atoms with E-state index in [1.807, 2.05) is 55.4 Å². The summed E-state index contributed by atoms with van der Waals surface area (Å²) in [5.41, 5.74) is 2.58. The lowest BCUT2D eigenvalue weighted by Crippen LogP contribution is -2.36. The van der Waals surface area contributed by atoms with Gasteiger partial charge in [0.25, 0.3) is 5.91 Å². The molecule has 29 heavy (non-hydrogen) atoms. The van der Waals surface area contributed by atoms with Crippen molar-refractivity contribution in [2.24, 2.45) is 0 Å². The summed E-state index contributed by atoms with van der Waals surface area (Å²) in [6.45, 7) is 2.26. The number of nitrogens with one attached hydrogen (secondary N) is 3. The zero-order valence-corrected chi connectivity index (χ0v) is 17.3. The van der Waals surface area contributed by atoms with E-state index in [4.69, 9.17) is 4.74 Å². The van der Waals surface area contributed by atoms with E-state index in [-0.39, 0.29) is 11.9 Å². The van der Waals surface area contributed by atoms with Gasteiger partial charge in [-0.05, 0) is 55.9 Å². The van der Waals surface area contributed by atoms with E-state index >= 15 is 0 Å². The van der Waals surface area contributed by atoms with Crippen LogP contribution < -0.4 is 20.7 Å². The molecule has 0 spiro atoms. The third kappa shape index (κ3) is 8.23. The first-order valence-electron chi connectivity index (χ1n) is 9.64. The minimum atomic E-state index is -0.237. The van der Waals surface area contributed by atoms with Crippen molar-refractivity contribution < 1.29 is 14.3 Å². The molecule has 7 heteroatoms. The Morgan fingerprint density at radius 2 is 1.69 bits per heavy atom. The highest BCUT2D eigenvalue weighted by molar-refractivity contribution is 5.94. The number of nitrogens with zero attached hydrogens (tertiary/aromatic N) is 1. The molecule has 0 heterocycles. The molecule has 0 aliphatic carbocycles. The first-order chi connectivity index (χ1) is 14.0. The molecule has 3 amide bonds. The van der Waals surface area contributed by atoms with Crippen LogP contribution in [0.2, 0.25) is 0 Å². The van der Waals surface area contributed by atoms with Crippen LogP contribution in [0.4, 0.5) is 4.79 Å². The van der Waals surface area contributed by atoms with E-state index in [0.717, 1.165) is 29.8 Å². The zero-order valence-electron chi connectivity index (χ0n) is 17.3. The summed E-state index contributed by atoms with van der Waals surface area (Å²) in [6, 6.07) is 14.8. The zero-order chi connectivity index (χ0) is 21.1. The molecule has 156 valence electrons. The lowest BCUT2D eigenvalue weighted by atomic mass is 10.1. The van der Waals surface area contributed by atoms with Gasteiger partial charge in [-0.15, -0.1) is 0 Å². The van der Waals surface area contributed by atoms with Crippen LogP contribution in [0, 0.1) is 0 Å². The molecule has 2 aromatic rings. The molecule has 2 rings (SSSR count). The first-order valence-corrected chi connectivity index (χ1v) is 9.64. The second-order valence-corrected chi connectivity index (χ2v) is 6.97. The number of ether oxygens (including phenoxy) is 1. The lowest BCUT2D eigenvalue weighted by Gasteiger charge is -2.11. The number of carbonyl (C=O) groups is 2. The second-order valence-electron chi connectivity index (χ2n) is 6.97. The third-order valence-corrected chi connectivity index (χ3v) is 4.35. The van der Waals surface area contributed by atoms with Crippen molar-refractivity contribution in [3.63, 3.8) is 0 Å². The van der Waals surface area contributed by atoms with Gasteiger partial charge in [0.05, 0.1) is 7.11 Å². The highest BCUT2D eigenvalue weighted by Gasteiger charge is 2.07. The van der Waals surface area contributed by atoms with Crippen molar-refractivity contribution in [1.82, 2.24) is 20.9 Å². The Bertz CT molecular complexity index is 791. The maximum Gasteiger partial charge on any atom is 0.315 e. The SMILES string of the molecule is COc1ccc(CCNC(=O)NCc2cccc(C(=O)NCCN(C)C)c2)cc1. The van der Waals surface area contributed by atoms with Gasteiger partial charge < -0.3 is 25.6 Å². The minimum Gasteiger partial charge on any atom is -0.497 e. The summed E-state index contributed by atoms with van der Waals surface area (Å²) in [6.07, 6.45) is 0.736. The number of methoxy groups -OCH3 is 1. The molecule has 0 radical (unpaired) electrons. The van der Waals surface area contributed by atoms with Crippen molar-refractivity contribution in [2.75, 3.05) is 40.8 Å². The lowest BCUT2D eigenvalue weighted by molar-refractivity contribution is 0.0951. The predicted molar refractivity (Wildman–Crippen MR) is 114 cm³/mol. The van der Waals surface area contributed by atoms with Crippen LogP contribution in [0.15, 0.2) is 48.5 Å². The molecule has 0 unspecified atom stereocenters. The van der Waals surface area contributed by atoms with Crippen LogP contribution >= 0.6 is 0 Å². The molecular weight excluding hydrogens is 368 g/mol. The minimum absolute atomic E-state index is 0.113. The van der Waals surface area contributed by atoms with E-state index in [1.165, 1.54) is 0 Å². The van der Waals surface area contributed by atoms with Gasteiger partial charge in [0, 0.05) is 31.7 Å². The van der Waals surface area contributed by atoms with Gasteiger partial charge in [0.15, 0.2) is 0 Å². The van der Waals surface area contributed by atoms with Gasteiger partial charge in [-0.1, -0.05) is 24.3 Å². The number of likely N-dealkylation sites (N-methyl/N-ethyl adjacent to an activating group) is 1. The highest BCUT2D eigenvalue weighted by atomic mass is 16.5. The summed E-state index contributed by atoms with van der Waals surface area (Å²) < 4.78 is 5.13. The summed E-state index contributed by atoms with van der Waals surface area (Å²) in [5, 5.41) is 8.54. The number of carbonyl (C=O) groups excluding carboxylic acids is 2. The smallest absolute Gasteiger partial charge is 0.315 e. The number of hydrogen-bond donors (Lipinski definition) is 3. The fourth-order valence-corrected chi connectivity index (χ4v) is 2.68. The Kier molecular flexibility index (Phi) is 8.98. The van der Waals surface area contributed by atoms with Gasteiger partial charge in [-0.2, -0.15) is 0 Å². The molecule has 3 N–H and O–H groups in total. The number of hydrogen-bond acceptors (Lipinski definition) is 4. The predicted octanol–water partition coefficient (Wildman–Crippen LogP) is 2.03. The monoisotopic (exact) mass is 398 g/mol. The van der Waals surface area contributed by atoms with E-state index < -0.39 is 0 Å². The van der Waals surface area contributed by atoms with Crippen LogP contribution in [-0.4, -0.2) is 57.7 Å². The highest BCUT2D eigenvalue weighted by Crippen LogP contribution is 2.11. The Hall–Kier alpha value is -3.06. The number of rotatable bonds is 10. The van der Waals surface area contributed by atoms with Gasteiger partial charge >= 0.3 is 6.03 Å². The van der Waals surface area contributed by atoms with E-state index in [1.54, 1.807) is 19.2 Å². The molecule has 0 aliphatic rings. The molecule has 0 aromatic heterocycles. The second kappa shape index (κ2) is 11.7. The quantitative estimate of drug-likeness (QED) is 0.572. The van der Waals surface area contributed by atoms with Crippen molar-refractivity contribution >= 4 is 11.9 Å². The summed E-state index contributed by atoms with van der Waals surface area (Å²) in [5.74, 6) is 0.700. The van der Waals surface area contributed by atoms with Gasteiger partial charge in [0.1, 0.15) is 5.75 Å². The Labute approximate surface area is 172 Å². The molecule has 0 saturated carbocycles. The standard InChI is InChI=1S/C22H30N4O3/c1-26(2)14-13-23-21(27)19-6-4-5-18(15-19)16-25-22(28)24-12-11-17-7-9-20(29-3)10-8-17/h4-10,15H,11-14,16H2,1-3H3,(H,23,27)(H2,24,25,28). The molecule has 0 bridgehead atoms. The Morgan fingerprint density at radius 1 is 0.931 bits per heavy atom. The van der Waals surface area contributed by atoms with Gasteiger partial charge in [-0.25, -0.2) is 4.79 Å². The maximum absolute atomic E-state index is 12.2. The van der Waals surface area contributed by atoms with Crippen molar-refractivity contribution in [1.29, 1.82) is 0 Å². The molecule has 0 aliphatic heterocycles. The van der Waals surface area contributed by atoms with Crippen molar-refractivity contribution in [3.8, 4) is 5.75 Å². The van der Waals surface area contributed by atoms with E-state index in [2.05, 4.69) is 16.0 Å². The summed E-state index contributed by atoms with van der Waals surface area (Å²) in [7, 11) is 5.55. The fraction of sp³-hybridized carbons (Fsp3) is 0.364.